The van der Waals surface area contributed by atoms with Crippen LogP contribution in [0.5, 0.6) is 0 Å². The Morgan fingerprint density at radius 2 is 2.40 bits per heavy atom. The minimum absolute atomic E-state index is 0.0486. The molecule has 3 N–H and O–H groups in total. The zero-order valence-electron chi connectivity index (χ0n) is 9.29. The molecule has 2 atom stereocenters. The molecule has 1 saturated carbocycles. The second-order valence-electron chi connectivity index (χ2n) is 4.98. The van der Waals surface area contributed by atoms with E-state index in [0.29, 0.717) is 25.6 Å². The number of amides is 1. The first-order valence-electron chi connectivity index (χ1n) is 5.77. The lowest BCUT2D eigenvalue weighted by atomic mass is 9.98. The molecule has 1 amide bonds. The van der Waals surface area contributed by atoms with E-state index in [0.717, 1.165) is 12.5 Å². The number of carbonyl (C=O) groups is 1. The molecular weight excluding hydrogens is 192 g/mol. The normalized spacial score (nSPS) is 32.7. The van der Waals surface area contributed by atoms with E-state index in [1.807, 2.05) is 0 Å². The Hall–Kier alpha value is -0.610. The second-order valence-corrected chi connectivity index (χ2v) is 4.98. The van der Waals surface area contributed by atoms with Crippen LogP contribution in [-0.4, -0.2) is 31.2 Å². The number of nitrogens with two attached hydrogens (primary N) is 1. The number of hydrogen-bond donors (Lipinski definition) is 2. The molecule has 86 valence electrons. The lowest BCUT2D eigenvalue weighted by Gasteiger charge is -2.22. The molecule has 1 saturated heterocycles. The van der Waals surface area contributed by atoms with Gasteiger partial charge >= 0.3 is 0 Å². The fourth-order valence-corrected chi connectivity index (χ4v) is 2.02. The Morgan fingerprint density at radius 3 is 2.93 bits per heavy atom. The van der Waals surface area contributed by atoms with E-state index in [2.05, 4.69) is 12.2 Å². The number of rotatable bonds is 4. The molecule has 2 unspecified atom stereocenters. The zero-order valence-corrected chi connectivity index (χ0v) is 9.29. The van der Waals surface area contributed by atoms with Crippen LogP contribution in [0.3, 0.4) is 0 Å². The van der Waals surface area contributed by atoms with E-state index in [4.69, 9.17) is 10.5 Å². The summed E-state index contributed by atoms with van der Waals surface area (Å²) in [5.41, 5.74) is 5.17. The highest BCUT2D eigenvalue weighted by atomic mass is 16.5. The molecule has 0 aromatic carbocycles. The summed E-state index contributed by atoms with van der Waals surface area (Å²) >= 11 is 0. The van der Waals surface area contributed by atoms with E-state index < -0.39 is 5.54 Å². The summed E-state index contributed by atoms with van der Waals surface area (Å²) in [6.45, 7) is 3.90. The lowest BCUT2D eigenvalue weighted by Crippen LogP contribution is -2.55. The third-order valence-corrected chi connectivity index (χ3v) is 3.52. The number of hydrogen-bond acceptors (Lipinski definition) is 3. The van der Waals surface area contributed by atoms with Crippen molar-refractivity contribution in [1.82, 2.24) is 5.32 Å². The van der Waals surface area contributed by atoms with Gasteiger partial charge in [-0.05, 0) is 31.1 Å². The first-order valence-corrected chi connectivity index (χ1v) is 5.77. The molecule has 1 aliphatic heterocycles. The van der Waals surface area contributed by atoms with Gasteiger partial charge in [0.25, 0.3) is 0 Å². The lowest BCUT2D eigenvalue weighted by molar-refractivity contribution is -0.126. The van der Waals surface area contributed by atoms with E-state index in [1.165, 1.54) is 12.8 Å². The molecule has 0 radical (unpaired) electrons. The van der Waals surface area contributed by atoms with Crippen molar-refractivity contribution in [2.45, 2.75) is 31.7 Å². The minimum Gasteiger partial charge on any atom is -0.379 e. The summed E-state index contributed by atoms with van der Waals surface area (Å²) in [5, 5.41) is 2.94. The van der Waals surface area contributed by atoms with Gasteiger partial charge in [0.1, 0.15) is 5.54 Å². The summed E-state index contributed by atoms with van der Waals surface area (Å²) in [4.78, 5) is 11.8. The average molecular weight is 212 g/mol. The fraction of sp³-hybridized carbons (Fsp3) is 0.909. The third kappa shape index (κ3) is 2.49. The molecule has 1 heterocycles. The van der Waals surface area contributed by atoms with Gasteiger partial charge in [0, 0.05) is 13.2 Å². The summed E-state index contributed by atoms with van der Waals surface area (Å²) in [5.74, 6) is 1.35. The van der Waals surface area contributed by atoms with Gasteiger partial charge in [0.15, 0.2) is 0 Å². The quantitative estimate of drug-likeness (QED) is 0.703. The standard InChI is InChI=1S/C11H20N2O2/c1-8(9-2-3-9)6-13-10(14)11(12)4-5-15-7-11/h8-9H,2-7,12H2,1H3,(H,13,14). The fourth-order valence-electron chi connectivity index (χ4n) is 2.02. The van der Waals surface area contributed by atoms with Crippen LogP contribution in [0.2, 0.25) is 0 Å². The van der Waals surface area contributed by atoms with Gasteiger partial charge in [-0.2, -0.15) is 0 Å². The molecule has 4 heteroatoms. The van der Waals surface area contributed by atoms with Crippen LogP contribution in [0.15, 0.2) is 0 Å². The van der Waals surface area contributed by atoms with Gasteiger partial charge in [-0.25, -0.2) is 0 Å². The Labute approximate surface area is 90.5 Å². The maximum Gasteiger partial charge on any atom is 0.242 e. The van der Waals surface area contributed by atoms with Gasteiger partial charge in [-0.1, -0.05) is 6.92 Å². The minimum atomic E-state index is -0.775. The number of nitrogens with one attached hydrogen (secondary N) is 1. The van der Waals surface area contributed by atoms with E-state index in [9.17, 15) is 4.79 Å². The molecule has 1 aliphatic carbocycles. The van der Waals surface area contributed by atoms with Crippen LogP contribution < -0.4 is 11.1 Å². The number of ether oxygens (including phenoxy) is 1. The monoisotopic (exact) mass is 212 g/mol. The molecular formula is C11H20N2O2. The Kier molecular flexibility index (Phi) is 2.98. The van der Waals surface area contributed by atoms with E-state index in [-0.39, 0.29) is 5.91 Å². The molecule has 2 rings (SSSR count). The van der Waals surface area contributed by atoms with Crippen LogP contribution in [0, 0.1) is 11.8 Å². The topological polar surface area (TPSA) is 64.4 Å². The van der Waals surface area contributed by atoms with Crippen LogP contribution in [-0.2, 0) is 9.53 Å². The van der Waals surface area contributed by atoms with Crippen LogP contribution >= 0.6 is 0 Å². The second kappa shape index (κ2) is 4.10. The zero-order chi connectivity index (χ0) is 10.9. The van der Waals surface area contributed by atoms with Crippen molar-refractivity contribution < 1.29 is 9.53 Å². The van der Waals surface area contributed by atoms with Crippen molar-refractivity contribution in [2.24, 2.45) is 17.6 Å². The van der Waals surface area contributed by atoms with Crippen molar-refractivity contribution in [3.8, 4) is 0 Å². The highest BCUT2D eigenvalue weighted by Gasteiger charge is 2.38. The molecule has 0 aromatic rings. The molecule has 4 nitrogen and oxygen atoms in total. The van der Waals surface area contributed by atoms with Crippen molar-refractivity contribution in [2.75, 3.05) is 19.8 Å². The Morgan fingerprint density at radius 1 is 1.67 bits per heavy atom. The molecule has 0 bridgehead atoms. The first kappa shape index (κ1) is 10.9. The smallest absolute Gasteiger partial charge is 0.242 e. The summed E-state index contributed by atoms with van der Waals surface area (Å²) < 4.78 is 5.16. The van der Waals surface area contributed by atoms with Crippen LogP contribution in [0.25, 0.3) is 0 Å². The maximum atomic E-state index is 11.8. The molecule has 0 aromatic heterocycles. The van der Waals surface area contributed by atoms with Crippen molar-refractivity contribution >= 4 is 5.91 Å². The summed E-state index contributed by atoms with van der Waals surface area (Å²) in [7, 11) is 0. The van der Waals surface area contributed by atoms with E-state index >= 15 is 0 Å². The predicted octanol–water partition coefficient (Wildman–Crippen LogP) is 0.267. The maximum absolute atomic E-state index is 11.8. The van der Waals surface area contributed by atoms with Gasteiger partial charge in [-0.3, -0.25) is 4.79 Å². The predicted molar refractivity (Wildman–Crippen MR) is 57.3 cm³/mol. The van der Waals surface area contributed by atoms with Crippen molar-refractivity contribution in [1.29, 1.82) is 0 Å². The SMILES string of the molecule is CC(CNC(=O)C1(N)CCOC1)C1CC1. The molecule has 15 heavy (non-hydrogen) atoms. The molecule has 2 fully saturated rings. The van der Waals surface area contributed by atoms with Crippen LogP contribution in [0.1, 0.15) is 26.2 Å². The van der Waals surface area contributed by atoms with Crippen LogP contribution in [0.4, 0.5) is 0 Å². The summed E-state index contributed by atoms with van der Waals surface area (Å²) in [6.07, 6.45) is 3.26. The van der Waals surface area contributed by atoms with Gasteiger partial charge in [0.2, 0.25) is 5.91 Å². The van der Waals surface area contributed by atoms with Crippen molar-refractivity contribution in [3.63, 3.8) is 0 Å². The van der Waals surface area contributed by atoms with Gasteiger partial charge < -0.3 is 15.8 Å². The molecule has 0 spiro atoms. The number of carbonyl (C=O) groups excluding carboxylic acids is 1. The van der Waals surface area contributed by atoms with Gasteiger partial charge in [-0.15, -0.1) is 0 Å². The van der Waals surface area contributed by atoms with Crippen molar-refractivity contribution in [3.05, 3.63) is 0 Å². The van der Waals surface area contributed by atoms with E-state index in [1.54, 1.807) is 0 Å². The highest BCUT2D eigenvalue weighted by molar-refractivity contribution is 5.86. The Bertz CT molecular complexity index is 245. The Balaban J connectivity index is 1.75. The van der Waals surface area contributed by atoms with Gasteiger partial charge in [0.05, 0.1) is 6.61 Å². The third-order valence-electron chi connectivity index (χ3n) is 3.52. The molecule has 2 aliphatic rings. The summed E-state index contributed by atoms with van der Waals surface area (Å²) in [6, 6.07) is 0. The largest absolute Gasteiger partial charge is 0.379 e. The average Bonchev–Trinajstić information content (AvgIpc) is 2.98. The first-order chi connectivity index (χ1) is 7.12. The highest BCUT2D eigenvalue weighted by Crippen LogP contribution is 2.36.